The fraction of sp³-hybridized carbons (Fsp3) is 0. The van der Waals surface area contributed by atoms with Gasteiger partial charge in [-0.25, -0.2) is 0 Å². The predicted octanol–water partition coefficient (Wildman–Crippen LogP) is 2.56. The van der Waals surface area contributed by atoms with Crippen molar-refractivity contribution in [2.45, 2.75) is 0 Å². The van der Waals surface area contributed by atoms with Gasteiger partial charge < -0.3 is 15.5 Å². The highest BCUT2D eigenvalue weighted by Gasteiger charge is 2.05. The number of carbonyl (C=O) groups is 2. The third kappa shape index (κ3) is 3.94. The SMILES string of the molecule is O=Cc1ccc(O)cc1NC(=O)/C=C/c1ccc(O)cc1. The first kappa shape index (κ1) is 14.3. The van der Waals surface area contributed by atoms with Gasteiger partial charge in [-0.3, -0.25) is 9.59 Å². The maximum atomic E-state index is 11.8. The first-order valence-corrected chi connectivity index (χ1v) is 6.15. The Bertz CT molecular complexity index is 690. The van der Waals surface area contributed by atoms with Crippen molar-refractivity contribution >= 4 is 24.0 Å². The van der Waals surface area contributed by atoms with Gasteiger partial charge in [0.1, 0.15) is 11.5 Å². The van der Waals surface area contributed by atoms with E-state index in [1.54, 1.807) is 18.2 Å². The average molecular weight is 283 g/mol. The minimum Gasteiger partial charge on any atom is -0.508 e. The Morgan fingerprint density at radius 2 is 1.67 bits per heavy atom. The molecule has 106 valence electrons. The van der Waals surface area contributed by atoms with Crippen LogP contribution >= 0.6 is 0 Å². The fourth-order valence-corrected chi connectivity index (χ4v) is 1.69. The van der Waals surface area contributed by atoms with E-state index in [4.69, 9.17) is 5.11 Å². The molecule has 0 saturated carbocycles. The van der Waals surface area contributed by atoms with Crippen LogP contribution in [0.15, 0.2) is 48.5 Å². The van der Waals surface area contributed by atoms with Crippen molar-refractivity contribution < 1.29 is 19.8 Å². The predicted molar refractivity (Wildman–Crippen MR) is 79.3 cm³/mol. The van der Waals surface area contributed by atoms with Crippen molar-refractivity contribution in [3.05, 3.63) is 59.7 Å². The molecule has 5 nitrogen and oxygen atoms in total. The molecule has 2 aromatic rings. The van der Waals surface area contributed by atoms with Crippen LogP contribution in [0.1, 0.15) is 15.9 Å². The second-order valence-corrected chi connectivity index (χ2v) is 4.30. The Morgan fingerprint density at radius 3 is 2.33 bits per heavy atom. The number of aromatic hydroxyl groups is 2. The van der Waals surface area contributed by atoms with Gasteiger partial charge in [0.25, 0.3) is 0 Å². The smallest absolute Gasteiger partial charge is 0.248 e. The number of anilines is 1. The lowest BCUT2D eigenvalue weighted by Gasteiger charge is -2.05. The molecule has 0 fully saturated rings. The van der Waals surface area contributed by atoms with Gasteiger partial charge in [0.2, 0.25) is 5.91 Å². The molecular formula is C16H13NO4. The Labute approximate surface area is 121 Å². The van der Waals surface area contributed by atoms with Crippen molar-refractivity contribution in [3.63, 3.8) is 0 Å². The summed E-state index contributed by atoms with van der Waals surface area (Å²) in [6, 6.07) is 10.4. The van der Waals surface area contributed by atoms with Crippen molar-refractivity contribution in [2.24, 2.45) is 0 Å². The molecular weight excluding hydrogens is 270 g/mol. The van der Waals surface area contributed by atoms with Crippen LogP contribution in [-0.4, -0.2) is 22.4 Å². The minimum atomic E-state index is -0.434. The number of hydrogen-bond acceptors (Lipinski definition) is 4. The number of nitrogens with one attached hydrogen (secondary N) is 1. The lowest BCUT2D eigenvalue weighted by atomic mass is 10.1. The van der Waals surface area contributed by atoms with Crippen LogP contribution in [0.5, 0.6) is 11.5 Å². The fourth-order valence-electron chi connectivity index (χ4n) is 1.69. The van der Waals surface area contributed by atoms with Crippen LogP contribution in [0.2, 0.25) is 0 Å². The van der Waals surface area contributed by atoms with E-state index in [1.807, 2.05) is 0 Å². The van der Waals surface area contributed by atoms with E-state index < -0.39 is 5.91 Å². The largest absolute Gasteiger partial charge is 0.508 e. The summed E-state index contributed by atoms with van der Waals surface area (Å²) in [5.74, 6) is -0.331. The Hall–Kier alpha value is -3.08. The van der Waals surface area contributed by atoms with Gasteiger partial charge in [-0.1, -0.05) is 12.1 Å². The number of hydrogen-bond donors (Lipinski definition) is 3. The van der Waals surface area contributed by atoms with Gasteiger partial charge in [0.05, 0.1) is 5.69 Å². The van der Waals surface area contributed by atoms with Gasteiger partial charge in [0, 0.05) is 17.7 Å². The first-order chi connectivity index (χ1) is 10.1. The zero-order chi connectivity index (χ0) is 15.2. The van der Waals surface area contributed by atoms with E-state index in [1.165, 1.54) is 36.4 Å². The van der Waals surface area contributed by atoms with Crippen LogP contribution in [0, 0.1) is 0 Å². The van der Waals surface area contributed by atoms with E-state index in [9.17, 15) is 14.7 Å². The van der Waals surface area contributed by atoms with Crippen molar-refractivity contribution in [1.29, 1.82) is 0 Å². The van der Waals surface area contributed by atoms with Gasteiger partial charge in [-0.2, -0.15) is 0 Å². The molecule has 0 aromatic heterocycles. The van der Waals surface area contributed by atoms with E-state index in [0.717, 1.165) is 5.56 Å². The third-order valence-electron chi connectivity index (χ3n) is 2.74. The molecule has 1 amide bonds. The molecule has 0 aliphatic heterocycles. The number of aldehydes is 1. The summed E-state index contributed by atoms with van der Waals surface area (Å²) in [5.41, 5.74) is 1.26. The summed E-state index contributed by atoms with van der Waals surface area (Å²) in [6.07, 6.45) is 3.46. The molecule has 0 aliphatic rings. The van der Waals surface area contributed by atoms with Crippen LogP contribution in [0.25, 0.3) is 6.08 Å². The molecule has 0 heterocycles. The second kappa shape index (κ2) is 6.38. The molecule has 21 heavy (non-hydrogen) atoms. The van der Waals surface area contributed by atoms with E-state index in [0.29, 0.717) is 6.29 Å². The van der Waals surface area contributed by atoms with Crippen LogP contribution in [0.3, 0.4) is 0 Å². The summed E-state index contributed by atoms with van der Waals surface area (Å²) >= 11 is 0. The second-order valence-electron chi connectivity index (χ2n) is 4.30. The lowest BCUT2D eigenvalue weighted by Crippen LogP contribution is -2.09. The minimum absolute atomic E-state index is 0.0431. The molecule has 0 bridgehead atoms. The van der Waals surface area contributed by atoms with Gasteiger partial charge >= 0.3 is 0 Å². The molecule has 0 radical (unpaired) electrons. The summed E-state index contributed by atoms with van der Waals surface area (Å²) in [7, 11) is 0. The van der Waals surface area contributed by atoms with Gasteiger partial charge in [-0.05, 0) is 35.9 Å². The van der Waals surface area contributed by atoms with Gasteiger partial charge in [0.15, 0.2) is 6.29 Å². The monoisotopic (exact) mass is 283 g/mol. The number of phenols is 2. The topological polar surface area (TPSA) is 86.6 Å². The summed E-state index contributed by atoms with van der Waals surface area (Å²) in [6.45, 7) is 0. The van der Waals surface area contributed by atoms with Crippen LogP contribution in [-0.2, 0) is 4.79 Å². The van der Waals surface area contributed by atoms with Crippen molar-refractivity contribution in [3.8, 4) is 11.5 Å². The standard InChI is InChI=1S/C16H13NO4/c18-10-12-4-7-14(20)9-15(12)17-16(21)8-3-11-1-5-13(19)6-2-11/h1-10,19-20H,(H,17,21)/b8-3+. The average Bonchev–Trinajstić information content (AvgIpc) is 2.47. The molecule has 5 heteroatoms. The highest BCUT2D eigenvalue weighted by molar-refractivity contribution is 6.04. The van der Waals surface area contributed by atoms with Gasteiger partial charge in [-0.15, -0.1) is 0 Å². The normalized spacial score (nSPS) is 10.5. The molecule has 0 spiro atoms. The molecule has 0 atom stereocenters. The molecule has 2 aromatic carbocycles. The Balaban J connectivity index is 2.09. The number of benzene rings is 2. The Morgan fingerprint density at radius 1 is 1.00 bits per heavy atom. The van der Waals surface area contributed by atoms with E-state index in [2.05, 4.69) is 5.32 Å². The summed E-state index contributed by atoms with van der Waals surface area (Å²) < 4.78 is 0. The van der Waals surface area contributed by atoms with Crippen molar-refractivity contribution in [1.82, 2.24) is 0 Å². The van der Waals surface area contributed by atoms with Crippen molar-refractivity contribution in [2.75, 3.05) is 5.32 Å². The van der Waals surface area contributed by atoms with Crippen LogP contribution in [0.4, 0.5) is 5.69 Å². The zero-order valence-electron chi connectivity index (χ0n) is 11.0. The summed E-state index contributed by atoms with van der Waals surface area (Å²) in [5, 5.41) is 21.0. The third-order valence-corrected chi connectivity index (χ3v) is 2.74. The van der Waals surface area contributed by atoms with Crippen LogP contribution < -0.4 is 5.32 Å². The highest BCUT2D eigenvalue weighted by Crippen LogP contribution is 2.20. The Kier molecular flexibility index (Phi) is 4.36. The molecule has 0 aliphatic carbocycles. The van der Waals surface area contributed by atoms with E-state index >= 15 is 0 Å². The number of rotatable bonds is 4. The first-order valence-electron chi connectivity index (χ1n) is 6.15. The molecule has 0 unspecified atom stereocenters. The van der Waals surface area contributed by atoms with E-state index in [-0.39, 0.29) is 22.7 Å². The highest BCUT2D eigenvalue weighted by atomic mass is 16.3. The number of carbonyl (C=O) groups excluding carboxylic acids is 2. The lowest BCUT2D eigenvalue weighted by molar-refractivity contribution is -0.111. The zero-order valence-corrected chi connectivity index (χ0v) is 11.0. The number of phenolic OH excluding ortho intramolecular Hbond substituents is 2. The molecule has 3 N–H and O–H groups in total. The molecule has 0 saturated heterocycles. The molecule has 2 rings (SSSR count). The quantitative estimate of drug-likeness (QED) is 0.594. The number of amides is 1. The maximum absolute atomic E-state index is 11.8. The maximum Gasteiger partial charge on any atom is 0.248 e. The summed E-state index contributed by atoms with van der Waals surface area (Å²) in [4.78, 5) is 22.6.